The Kier molecular flexibility index (Phi) is 5.26. The molecule has 0 aliphatic carbocycles. The lowest BCUT2D eigenvalue weighted by molar-refractivity contribution is 0.102. The Morgan fingerprint density at radius 1 is 1.17 bits per heavy atom. The number of aromatic nitrogens is 4. The fraction of sp³-hybridized carbons (Fsp3) is 0.143. The van der Waals surface area contributed by atoms with Crippen LogP contribution >= 0.6 is 11.8 Å². The molecule has 0 saturated carbocycles. The topological polar surface area (TPSA) is 72.7 Å². The molecule has 0 spiro atoms. The van der Waals surface area contributed by atoms with Crippen LogP contribution in [0.3, 0.4) is 0 Å². The molecule has 0 saturated heterocycles. The Labute approximate surface area is 171 Å². The second-order valence-electron chi connectivity index (χ2n) is 6.57. The number of nitrogens with one attached hydrogen (secondary N) is 1. The van der Waals surface area contributed by atoms with Gasteiger partial charge in [0.15, 0.2) is 5.16 Å². The number of amides is 1. The van der Waals surface area contributed by atoms with Gasteiger partial charge in [-0.25, -0.2) is 9.37 Å². The average molecular weight is 407 g/mol. The number of fused-ring (bicyclic) bond motifs is 1. The standard InChI is InChI=1S/C21H18FN5OS/c1-13(29-21-26-23-12-27(21)2)15-7-9-16(22)19(11-15)25-20(28)18-10-8-14-5-3-4-6-17(14)24-18/h3-13H,1-2H3,(H,25,28)/t13-/m0/s1. The zero-order chi connectivity index (χ0) is 20.4. The van der Waals surface area contributed by atoms with E-state index < -0.39 is 11.7 Å². The van der Waals surface area contributed by atoms with Crippen molar-refractivity contribution in [1.82, 2.24) is 19.7 Å². The van der Waals surface area contributed by atoms with Crippen molar-refractivity contribution in [3.8, 4) is 0 Å². The minimum absolute atomic E-state index is 0.00653. The van der Waals surface area contributed by atoms with Crippen molar-refractivity contribution < 1.29 is 9.18 Å². The maximum atomic E-state index is 14.3. The van der Waals surface area contributed by atoms with Crippen LogP contribution in [-0.4, -0.2) is 25.7 Å². The Morgan fingerprint density at radius 2 is 2.00 bits per heavy atom. The van der Waals surface area contributed by atoms with Crippen LogP contribution in [0.2, 0.25) is 0 Å². The van der Waals surface area contributed by atoms with Gasteiger partial charge in [-0.05, 0) is 36.8 Å². The van der Waals surface area contributed by atoms with E-state index in [-0.39, 0.29) is 16.6 Å². The van der Waals surface area contributed by atoms with Gasteiger partial charge in [0.05, 0.1) is 11.2 Å². The number of nitrogens with zero attached hydrogens (tertiary/aromatic N) is 4. The molecule has 6 nitrogen and oxygen atoms in total. The van der Waals surface area contributed by atoms with Gasteiger partial charge in [-0.3, -0.25) is 4.79 Å². The lowest BCUT2D eigenvalue weighted by atomic mass is 10.1. The molecule has 4 rings (SSSR count). The van der Waals surface area contributed by atoms with Gasteiger partial charge in [0, 0.05) is 17.7 Å². The van der Waals surface area contributed by atoms with Crippen molar-refractivity contribution in [2.45, 2.75) is 17.3 Å². The van der Waals surface area contributed by atoms with Gasteiger partial charge >= 0.3 is 0 Å². The van der Waals surface area contributed by atoms with Crippen molar-refractivity contribution >= 4 is 34.3 Å². The van der Waals surface area contributed by atoms with Crippen molar-refractivity contribution in [3.63, 3.8) is 0 Å². The molecule has 2 heterocycles. The molecule has 2 aromatic carbocycles. The maximum Gasteiger partial charge on any atom is 0.274 e. The first kappa shape index (κ1) is 19.1. The number of aryl methyl sites for hydroxylation is 1. The van der Waals surface area contributed by atoms with Gasteiger partial charge in [0.2, 0.25) is 0 Å². The van der Waals surface area contributed by atoms with Crippen molar-refractivity contribution in [2.75, 3.05) is 5.32 Å². The van der Waals surface area contributed by atoms with E-state index in [2.05, 4.69) is 20.5 Å². The Morgan fingerprint density at radius 3 is 2.79 bits per heavy atom. The summed E-state index contributed by atoms with van der Waals surface area (Å²) in [6.07, 6.45) is 1.63. The summed E-state index contributed by atoms with van der Waals surface area (Å²) in [5.74, 6) is -0.959. The Bertz CT molecular complexity index is 1190. The molecule has 4 aromatic rings. The van der Waals surface area contributed by atoms with E-state index in [4.69, 9.17) is 0 Å². The van der Waals surface area contributed by atoms with Gasteiger partial charge in [0.1, 0.15) is 17.8 Å². The predicted octanol–water partition coefficient (Wildman–Crippen LogP) is 4.61. The zero-order valence-corrected chi connectivity index (χ0v) is 16.7. The molecule has 8 heteroatoms. The van der Waals surface area contributed by atoms with Crippen LogP contribution in [-0.2, 0) is 7.05 Å². The second kappa shape index (κ2) is 8.00. The average Bonchev–Trinajstić information content (AvgIpc) is 3.13. The summed E-state index contributed by atoms with van der Waals surface area (Å²) < 4.78 is 16.2. The minimum Gasteiger partial charge on any atom is -0.318 e. The minimum atomic E-state index is -0.501. The first-order chi connectivity index (χ1) is 14.0. The Balaban J connectivity index is 1.55. The van der Waals surface area contributed by atoms with Crippen LogP contribution in [0.25, 0.3) is 10.9 Å². The summed E-state index contributed by atoms with van der Waals surface area (Å²) in [5.41, 5.74) is 1.92. The zero-order valence-electron chi connectivity index (χ0n) is 15.8. The quantitative estimate of drug-likeness (QED) is 0.489. The molecule has 0 fully saturated rings. The third-order valence-electron chi connectivity index (χ3n) is 4.49. The largest absolute Gasteiger partial charge is 0.318 e. The van der Waals surface area contributed by atoms with E-state index in [1.807, 2.05) is 48.9 Å². The van der Waals surface area contributed by atoms with Crippen LogP contribution in [0.1, 0.15) is 28.2 Å². The number of thioether (sulfide) groups is 1. The molecule has 2 aromatic heterocycles. The summed E-state index contributed by atoms with van der Waals surface area (Å²) in [5, 5.41) is 12.2. The highest BCUT2D eigenvalue weighted by Crippen LogP contribution is 2.34. The number of carbonyl (C=O) groups is 1. The number of halogens is 1. The third-order valence-corrected chi connectivity index (χ3v) is 5.70. The number of para-hydroxylation sites is 1. The highest BCUT2D eigenvalue weighted by atomic mass is 32.2. The van der Waals surface area contributed by atoms with E-state index >= 15 is 0 Å². The normalized spacial score (nSPS) is 12.1. The molecular weight excluding hydrogens is 389 g/mol. The van der Waals surface area contributed by atoms with Crippen molar-refractivity contribution in [1.29, 1.82) is 0 Å². The van der Waals surface area contributed by atoms with Crippen LogP contribution in [0.5, 0.6) is 0 Å². The van der Waals surface area contributed by atoms with Gasteiger partial charge in [0.25, 0.3) is 5.91 Å². The third kappa shape index (κ3) is 4.12. The fourth-order valence-corrected chi connectivity index (χ4v) is 3.78. The summed E-state index contributed by atoms with van der Waals surface area (Å²) in [4.78, 5) is 17.0. The molecule has 0 bridgehead atoms. The number of hydrogen-bond acceptors (Lipinski definition) is 5. The first-order valence-electron chi connectivity index (χ1n) is 8.98. The van der Waals surface area contributed by atoms with Gasteiger partial charge in [-0.1, -0.05) is 42.1 Å². The fourth-order valence-electron chi connectivity index (χ4n) is 2.88. The molecule has 1 amide bonds. The molecule has 1 N–H and O–H groups in total. The lowest BCUT2D eigenvalue weighted by Gasteiger charge is -2.13. The summed E-state index contributed by atoms with van der Waals surface area (Å²) in [6, 6.07) is 15.7. The number of anilines is 1. The van der Waals surface area contributed by atoms with E-state index in [1.165, 1.54) is 17.8 Å². The van der Waals surface area contributed by atoms with Crippen LogP contribution in [0.4, 0.5) is 10.1 Å². The molecule has 0 radical (unpaired) electrons. The second-order valence-corrected chi connectivity index (χ2v) is 7.88. The van der Waals surface area contributed by atoms with E-state index in [0.717, 1.165) is 16.1 Å². The Hall–Kier alpha value is -3.26. The van der Waals surface area contributed by atoms with Gasteiger partial charge in [-0.15, -0.1) is 10.2 Å². The van der Waals surface area contributed by atoms with Gasteiger partial charge < -0.3 is 9.88 Å². The molecule has 0 unspecified atom stereocenters. The molecular formula is C21H18FN5OS. The predicted molar refractivity (Wildman–Crippen MR) is 111 cm³/mol. The van der Waals surface area contributed by atoms with Crippen LogP contribution in [0.15, 0.2) is 66.1 Å². The number of pyridine rings is 1. The maximum absolute atomic E-state index is 14.3. The van der Waals surface area contributed by atoms with Crippen molar-refractivity contribution in [3.05, 3.63) is 78.0 Å². The van der Waals surface area contributed by atoms with Crippen molar-refractivity contribution in [2.24, 2.45) is 7.05 Å². The summed E-state index contributed by atoms with van der Waals surface area (Å²) in [7, 11) is 1.86. The van der Waals surface area contributed by atoms with E-state index in [1.54, 1.807) is 24.5 Å². The monoisotopic (exact) mass is 407 g/mol. The number of carbonyl (C=O) groups excluding carboxylic acids is 1. The highest BCUT2D eigenvalue weighted by Gasteiger charge is 2.16. The molecule has 146 valence electrons. The molecule has 1 atom stereocenters. The lowest BCUT2D eigenvalue weighted by Crippen LogP contribution is -2.15. The SMILES string of the molecule is C[C@H](Sc1nncn1C)c1ccc(F)c(NC(=O)c2ccc3ccccc3n2)c1. The number of hydrogen-bond donors (Lipinski definition) is 1. The van der Waals surface area contributed by atoms with E-state index in [9.17, 15) is 9.18 Å². The first-order valence-corrected chi connectivity index (χ1v) is 9.86. The number of rotatable bonds is 5. The van der Waals surface area contributed by atoms with Gasteiger partial charge in [-0.2, -0.15) is 0 Å². The van der Waals surface area contributed by atoms with Crippen LogP contribution < -0.4 is 5.32 Å². The summed E-state index contributed by atoms with van der Waals surface area (Å²) >= 11 is 1.50. The van der Waals surface area contributed by atoms with Crippen LogP contribution in [0, 0.1) is 5.82 Å². The molecule has 0 aliphatic heterocycles. The molecule has 29 heavy (non-hydrogen) atoms. The highest BCUT2D eigenvalue weighted by molar-refractivity contribution is 7.99. The number of benzene rings is 2. The smallest absolute Gasteiger partial charge is 0.274 e. The summed E-state index contributed by atoms with van der Waals surface area (Å²) in [6.45, 7) is 1.99. The van der Waals surface area contributed by atoms with E-state index in [0.29, 0.717) is 5.52 Å². The molecule has 0 aliphatic rings.